The van der Waals surface area contributed by atoms with Gasteiger partial charge >= 0.3 is 0 Å². The van der Waals surface area contributed by atoms with Crippen LogP contribution in [0.2, 0.25) is 0 Å². The molecule has 0 aromatic heterocycles. The summed E-state index contributed by atoms with van der Waals surface area (Å²) in [7, 11) is -3.05. The number of aliphatic hydroxyl groups excluding tert-OH is 1. The van der Waals surface area contributed by atoms with E-state index in [9.17, 15) is 8.42 Å². The Morgan fingerprint density at radius 1 is 1.29 bits per heavy atom. The number of rotatable bonds is 7. The lowest BCUT2D eigenvalue weighted by Gasteiger charge is -2.25. The van der Waals surface area contributed by atoms with Gasteiger partial charge in [0.25, 0.3) is 0 Å². The van der Waals surface area contributed by atoms with Crippen molar-refractivity contribution in [3.05, 3.63) is 0 Å². The van der Waals surface area contributed by atoms with E-state index >= 15 is 0 Å². The van der Waals surface area contributed by atoms with Crippen molar-refractivity contribution in [2.75, 3.05) is 31.9 Å². The maximum absolute atomic E-state index is 11.9. The molecule has 1 saturated heterocycles. The lowest BCUT2D eigenvalue weighted by Crippen LogP contribution is -2.38. The summed E-state index contributed by atoms with van der Waals surface area (Å²) in [5.74, 6) is 0.208. The van der Waals surface area contributed by atoms with E-state index in [0.29, 0.717) is 32.6 Å². The molecule has 0 amide bonds. The Bertz CT molecular complexity index is 298. The van der Waals surface area contributed by atoms with Gasteiger partial charge in [-0.25, -0.2) is 12.7 Å². The Balaban J connectivity index is 2.20. The van der Waals surface area contributed by atoms with Crippen LogP contribution in [0.15, 0.2) is 0 Å². The van der Waals surface area contributed by atoms with E-state index in [1.165, 1.54) is 0 Å². The quantitative estimate of drug-likeness (QED) is 0.643. The largest absolute Gasteiger partial charge is 0.392 e. The second-order valence-electron chi connectivity index (χ2n) is 4.68. The lowest BCUT2D eigenvalue weighted by atomic mass is 10.2. The number of hydrogen-bond donors (Lipinski definition) is 2. The third kappa shape index (κ3) is 5.81. The maximum Gasteiger partial charge on any atom is 0.214 e. The molecule has 0 aromatic carbocycles. The number of hydrogen-bond acceptors (Lipinski definition) is 4. The van der Waals surface area contributed by atoms with Crippen LogP contribution in [0.4, 0.5) is 0 Å². The summed E-state index contributed by atoms with van der Waals surface area (Å²) in [6.45, 7) is 4.23. The molecular formula is C11H24N2O3S. The van der Waals surface area contributed by atoms with Crippen molar-refractivity contribution in [3.63, 3.8) is 0 Å². The third-order valence-electron chi connectivity index (χ3n) is 2.90. The summed E-state index contributed by atoms with van der Waals surface area (Å²) in [4.78, 5) is 0. The summed E-state index contributed by atoms with van der Waals surface area (Å²) in [6, 6.07) is 0. The summed E-state index contributed by atoms with van der Waals surface area (Å²) in [5, 5.41) is 12.1. The minimum Gasteiger partial charge on any atom is -0.392 e. The van der Waals surface area contributed by atoms with Crippen LogP contribution < -0.4 is 5.32 Å². The number of aliphatic hydroxyl groups is 1. The first kappa shape index (κ1) is 14.9. The predicted octanol–water partition coefficient (Wildman–Crippen LogP) is 0.163. The van der Waals surface area contributed by atoms with E-state index in [1.54, 1.807) is 11.2 Å². The van der Waals surface area contributed by atoms with E-state index in [4.69, 9.17) is 5.11 Å². The van der Waals surface area contributed by atoms with Gasteiger partial charge in [-0.3, -0.25) is 0 Å². The van der Waals surface area contributed by atoms with E-state index < -0.39 is 10.0 Å². The zero-order valence-electron chi connectivity index (χ0n) is 10.6. The first-order valence-corrected chi connectivity index (χ1v) is 8.00. The monoisotopic (exact) mass is 264 g/mol. The van der Waals surface area contributed by atoms with Gasteiger partial charge in [-0.2, -0.15) is 0 Å². The molecule has 2 N–H and O–H groups in total. The molecule has 0 aliphatic carbocycles. The molecule has 1 rings (SSSR count). The summed E-state index contributed by atoms with van der Waals surface area (Å²) in [5.41, 5.74) is 0. The molecule has 0 radical (unpaired) electrons. The molecule has 0 aromatic rings. The average Bonchev–Trinajstić information content (AvgIpc) is 2.29. The zero-order valence-corrected chi connectivity index (χ0v) is 11.4. The fraction of sp³-hybridized carbons (Fsp3) is 1.00. The van der Waals surface area contributed by atoms with Gasteiger partial charge in [-0.05, 0) is 32.7 Å². The van der Waals surface area contributed by atoms with Gasteiger partial charge in [-0.1, -0.05) is 6.42 Å². The number of nitrogens with one attached hydrogen (secondary N) is 1. The summed E-state index contributed by atoms with van der Waals surface area (Å²) in [6.07, 6.45) is 3.33. The van der Waals surface area contributed by atoms with Crippen LogP contribution in [-0.4, -0.2) is 55.9 Å². The minimum absolute atomic E-state index is 0.208. The highest BCUT2D eigenvalue weighted by Gasteiger charge is 2.22. The van der Waals surface area contributed by atoms with Crippen molar-refractivity contribution in [2.24, 2.45) is 0 Å². The number of sulfonamides is 1. The van der Waals surface area contributed by atoms with Gasteiger partial charge in [0, 0.05) is 19.6 Å². The molecule has 1 aliphatic rings. The second-order valence-corrected chi connectivity index (χ2v) is 6.77. The van der Waals surface area contributed by atoms with E-state index in [2.05, 4.69) is 5.32 Å². The number of piperidine rings is 1. The Labute approximate surface area is 104 Å². The van der Waals surface area contributed by atoms with Crippen molar-refractivity contribution in [3.8, 4) is 0 Å². The Kier molecular flexibility index (Phi) is 6.40. The Morgan fingerprint density at radius 3 is 2.53 bits per heavy atom. The molecule has 0 saturated carbocycles. The first-order chi connectivity index (χ1) is 8.02. The van der Waals surface area contributed by atoms with Gasteiger partial charge < -0.3 is 10.4 Å². The standard InChI is InChI=1S/C11H24N2O3S/c1-11(14)10-12-6-5-9-17(15,16)13-7-3-2-4-8-13/h11-12,14H,2-10H2,1H3. The van der Waals surface area contributed by atoms with Crippen LogP contribution in [-0.2, 0) is 10.0 Å². The SMILES string of the molecule is CC(O)CNCCCS(=O)(=O)N1CCCCC1. The molecule has 1 fully saturated rings. The first-order valence-electron chi connectivity index (χ1n) is 6.39. The summed E-state index contributed by atoms with van der Waals surface area (Å²) < 4.78 is 25.5. The highest BCUT2D eigenvalue weighted by atomic mass is 32.2. The van der Waals surface area contributed by atoms with Crippen LogP contribution in [0.1, 0.15) is 32.6 Å². The van der Waals surface area contributed by atoms with E-state index in [-0.39, 0.29) is 11.9 Å². The van der Waals surface area contributed by atoms with Gasteiger partial charge in [0.05, 0.1) is 11.9 Å². The topological polar surface area (TPSA) is 69.6 Å². The molecule has 6 heteroatoms. The van der Waals surface area contributed by atoms with Gasteiger partial charge in [-0.15, -0.1) is 0 Å². The smallest absolute Gasteiger partial charge is 0.214 e. The van der Waals surface area contributed by atoms with Crippen LogP contribution in [0.25, 0.3) is 0 Å². The number of nitrogens with zero attached hydrogens (tertiary/aromatic N) is 1. The van der Waals surface area contributed by atoms with Crippen LogP contribution >= 0.6 is 0 Å². The van der Waals surface area contributed by atoms with Gasteiger partial charge in [0.1, 0.15) is 0 Å². The lowest BCUT2D eigenvalue weighted by molar-refractivity contribution is 0.191. The predicted molar refractivity (Wildman–Crippen MR) is 68.4 cm³/mol. The van der Waals surface area contributed by atoms with Crippen LogP contribution in [0, 0.1) is 0 Å². The molecular weight excluding hydrogens is 240 g/mol. The second kappa shape index (κ2) is 7.31. The minimum atomic E-state index is -3.05. The Hall–Kier alpha value is -0.170. The molecule has 1 atom stereocenters. The van der Waals surface area contributed by atoms with Crippen molar-refractivity contribution in [1.82, 2.24) is 9.62 Å². The fourth-order valence-electron chi connectivity index (χ4n) is 1.96. The maximum atomic E-state index is 11.9. The third-order valence-corrected chi connectivity index (χ3v) is 4.86. The average molecular weight is 264 g/mol. The zero-order chi connectivity index (χ0) is 12.7. The van der Waals surface area contributed by atoms with Gasteiger partial charge in [0.15, 0.2) is 0 Å². The molecule has 1 aliphatic heterocycles. The van der Waals surface area contributed by atoms with Crippen molar-refractivity contribution < 1.29 is 13.5 Å². The van der Waals surface area contributed by atoms with E-state index in [1.807, 2.05) is 0 Å². The molecule has 102 valence electrons. The molecule has 17 heavy (non-hydrogen) atoms. The van der Waals surface area contributed by atoms with Gasteiger partial charge in [0.2, 0.25) is 10.0 Å². The van der Waals surface area contributed by atoms with Crippen molar-refractivity contribution in [2.45, 2.75) is 38.7 Å². The normalized spacial score (nSPS) is 20.4. The molecule has 1 heterocycles. The van der Waals surface area contributed by atoms with Crippen molar-refractivity contribution in [1.29, 1.82) is 0 Å². The van der Waals surface area contributed by atoms with E-state index in [0.717, 1.165) is 19.3 Å². The van der Waals surface area contributed by atoms with Crippen molar-refractivity contribution >= 4 is 10.0 Å². The molecule has 0 spiro atoms. The molecule has 0 bridgehead atoms. The highest BCUT2D eigenvalue weighted by Crippen LogP contribution is 2.13. The Morgan fingerprint density at radius 2 is 1.94 bits per heavy atom. The highest BCUT2D eigenvalue weighted by molar-refractivity contribution is 7.89. The fourth-order valence-corrected chi connectivity index (χ4v) is 3.54. The molecule has 5 nitrogen and oxygen atoms in total. The van der Waals surface area contributed by atoms with Crippen LogP contribution in [0.5, 0.6) is 0 Å². The van der Waals surface area contributed by atoms with Crippen LogP contribution in [0.3, 0.4) is 0 Å². The molecule has 1 unspecified atom stereocenters. The summed E-state index contributed by atoms with van der Waals surface area (Å²) >= 11 is 0.